The molecule has 122 valence electrons. The van der Waals surface area contributed by atoms with Crippen LogP contribution >= 0.6 is 11.6 Å². The van der Waals surface area contributed by atoms with E-state index in [0.717, 1.165) is 31.5 Å². The third kappa shape index (κ3) is 4.33. The Labute approximate surface area is 140 Å². The highest BCUT2D eigenvalue weighted by Crippen LogP contribution is 2.28. The van der Waals surface area contributed by atoms with Gasteiger partial charge in [-0.2, -0.15) is 0 Å². The lowest BCUT2D eigenvalue weighted by Crippen LogP contribution is -2.45. The zero-order valence-electron chi connectivity index (χ0n) is 12.8. The summed E-state index contributed by atoms with van der Waals surface area (Å²) in [4.78, 5) is 16.2. The first-order chi connectivity index (χ1) is 11.2. The number of oxazole rings is 1. The van der Waals surface area contributed by atoms with Crippen molar-refractivity contribution in [1.29, 1.82) is 0 Å². The van der Waals surface area contributed by atoms with E-state index in [1.54, 1.807) is 6.20 Å². The van der Waals surface area contributed by atoms with Crippen LogP contribution in [0.15, 0.2) is 34.9 Å². The van der Waals surface area contributed by atoms with Gasteiger partial charge in [0.2, 0.25) is 5.91 Å². The minimum atomic E-state index is 0.0381. The van der Waals surface area contributed by atoms with Gasteiger partial charge in [0, 0.05) is 31.0 Å². The number of carbonyl (C=O) groups excluding carboxylic acids is 1. The van der Waals surface area contributed by atoms with E-state index in [-0.39, 0.29) is 11.9 Å². The number of aryl methyl sites for hydroxylation is 1. The molecule has 1 aliphatic heterocycles. The monoisotopic (exact) mass is 333 g/mol. The molecule has 0 radical (unpaired) electrons. The van der Waals surface area contributed by atoms with E-state index in [4.69, 9.17) is 16.0 Å². The number of piperidine rings is 1. The Balaban J connectivity index is 1.53. The smallest absolute Gasteiger partial charge is 0.220 e. The standard InChI is InChI=1S/C17H20ClN3O2/c18-14-6-2-1-5-13(14)15-11-20-17(23-15)8-7-16(22)21-12-4-3-9-19-10-12/h1-2,5-6,11-12,19H,3-4,7-10H2,(H,21,22)/t12-/m0/s1. The molecule has 2 N–H and O–H groups in total. The second kappa shape index (κ2) is 7.62. The predicted octanol–water partition coefficient (Wildman–Crippen LogP) is 2.80. The lowest BCUT2D eigenvalue weighted by molar-refractivity contribution is -0.121. The number of halogens is 1. The van der Waals surface area contributed by atoms with Crippen molar-refractivity contribution in [3.8, 4) is 11.3 Å². The summed E-state index contributed by atoms with van der Waals surface area (Å²) in [6, 6.07) is 7.70. The van der Waals surface area contributed by atoms with Gasteiger partial charge in [0.15, 0.2) is 11.7 Å². The van der Waals surface area contributed by atoms with Crippen LogP contribution in [0, 0.1) is 0 Å². The topological polar surface area (TPSA) is 67.2 Å². The maximum atomic E-state index is 12.0. The highest BCUT2D eigenvalue weighted by atomic mass is 35.5. The molecule has 1 atom stereocenters. The largest absolute Gasteiger partial charge is 0.441 e. The van der Waals surface area contributed by atoms with Crippen molar-refractivity contribution in [2.45, 2.75) is 31.7 Å². The van der Waals surface area contributed by atoms with Crippen molar-refractivity contribution in [2.75, 3.05) is 13.1 Å². The van der Waals surface area contributed by atoms with E-state index in [1.165, 1.54) is 0 Å². The minimum Gasteiger partial charge on any atom is -0.441 e. The number of amides is 1. The fourth-order valence-electron chi connectivity index (χ4n) is 2.71. The lowest BCUT2D eigenvalue weighted by Gasteiger charge is -2.23. The van der Waals surface area contributed by atoms with Crippen LogP contribution in [0.1, 0.15) is 25.2 Å². The van der Waals surface area contributed by atoms with Gasteiger partial charge in [0.1, 0.15) is 0 Å². The van der Waals surface area contributed by atoms with Crippen LogP contribution in [0.25, 0.3) is 11.3 Å². The van der Waals surface area contributed by atoms with E-state index in [0.29, 0.717) is 29.5 Å². The third-order valence-corrected chi connectivity index (χ3v) is 4.25. The van der Waals surface area contributed by atoms with Gasteiger partial charge in [-0.05, 0) is 31.5 Å². The van der Waals surface area contributed by atoms with Crippen molar-refractivity contribution >= 4 is 17.5 Å². The van der Waals surface area contributed by atoms with Crippen LogP contribution in [0.5, 0.6) is 0 Å². The molecule has 1 saturated heterocycles. The molecule has 5 nitrogen and oxygen atoms in total. The molecule has 2 heterocycles. The van der Waals surface area contributed by atoms with Crippen LogP contribution < -0.4 is 10.6 Å². The number of rotatable bonds is 5. The van der Waals surface area contributed by atoms with E-state index in [9.17, 15) is 4.79 Å². The van der Waals surface area contributed by atoms with Crippen molar-refractivity contribution in [3.63, 3.8) is 0 Å². The third-order valence-electron chi connectivity index (χ3n) is 3.92. The molecule has 1 aromatic carbocycles. The molecule has 0 aliphatic carbocycles. The Hall–Kier alpha value is -1.85. The molecular weight excluding hydrogens is 314 g/mol. The summed E-state index contributed by atoms with van der Waals surface area (Å²) in [5, 5.41) is 6.95. The first-order valence-electron chi connectivity index (χ1n) is 7.92. The van der Waals surface area contributed by atoms with Crippen molar-refractivity contribution in [2.24, 2.45) is 0 Å². The summed E-state index contributed by atoms with van der Waals surface area (Å²) in [6.45, 7) is 1.88. The Morgan fingerprint density at radius 1 is 1.43 bits per heavy atom. The molecule has 1 amide bonds. The molecular formula is C17H20ClN3O2. The van der Waals surface area contributed by atoms with Crippen LogP contribution in [-0.2, 0) is 11.2 Å². The molecule has 2 aromatic rings. The molecule has 6 heteroatoms. The van der Waals surface area contributed by atoms with Crippen LogP contribution in [0.3, 0.4) is 0 Å². The average molecular weight is 334 g/mol. The highest BCUT2D eigenvalue weighted by Gasteiger charge is 2.16. The second-order valence-corrected chi connectivity index (χ2v) is 6.12. The maximum absolute atomic E-state index is 12.0. The van der Waals surface area contributed by atoms with Crippen molar-refractivity contribution in [3.05, 3.63) is 41.4 Å². The van der Waals surface area contributed by atoms with E-state index in [1.807, 2.05) is 24.3 Å². The summed E-state index contributed by atoms with van der Waals surface area (Å²) < 4.78 is 5.70. The van der Waals surface area contributed by atoms with Gasteiger partial charge in [-0.15, -0.1) is 0 Å². The van der Waals surface area contributed by atoms with Crippen LogP contribution in [0.4, 0.5) is 0 Å². The first-order valence-corrected chi connectivity index (χ1v) is 8.30. The molecule has 1 fully saturated rings. The fraction of sp³-hybridized carbons (Fsp3) is 0.412. The van der Waals surface area contributed by atoms with Crippen LogP contribution in [-0.4, -0.2) is 30.0 Å². The number of aromatic nitrogens is 1. The number of carbonyl (C=O) groups is 1. The summed E-state index contributed by atoms with van der Waals surface area (Å²) in [5.74, 6) is 1.22. The molecule has 23 heavy (non-hydrogen) atoms. The highest BCUT2D eigenvalue weighted by molar-refractivity contribution is 6.33. The van der Waals surface area contributed by atoms with Gasteiger partial charge >= 0.3 is 0 Å². The molecule has 3 rings (SSSR count). The molecule has 1 aliphatic rings. The normalized spacial score (nSPS) is 17.9. The van der Waals surface area contributed by atoms with Gasteiger partial charge in [-0.1, -0.05) is 23.7 Å². The summed E-state index contributed by atoms with van der Waals surface area (Å²) >= 11 is 6.15. The van der Waals surface area contributed by atoms with Crippen molar-refractivity contribution in [1.82, 2.24) is 15.6 Å². The van der Waals surface area contributed by atoms with Crippen LogP contribution in [0.2, 0.25) is 5.02 Å². The molecule has 0 bridgehead atoms. The second-order valence-electron chi connectivity index (χ2n) is 5.71. The average Bonchev–Trinajstić information content (AvgIpc) is 3.03. The first kappa shape index (κ1) is 16.0. The van der Waals surface area contributed by atoms with Gasteiger partial charge in [0.05, 0.1) is 11.2 Å². The lowest BCUT2D eigenvalue weighted by atomic mass is 10.1. The number of benzene rings is 1. The fourth-order valence-corrected chi connectivity index (χ4v) is 2.94. The minimum absolute atomic E-state index is 0.0381. The molecule has 0 saturated carbocycles. The zero-order chi connectivity index (χ0) is 16.1. The summed E-state index contributed by atoms with van der Waals surface area (Å²) in [6.07, 6.45) is 4.65. The van der Waals surface area contributed by atoms with Gasteiger partial charge in [0.25, 0.3) is 0 Å². The van der Waals surface area contributed by atoms with E-state index in [2.05, 4.69) is 15.6 Å². The number of hydrogen-bond donors (Lipinski definition) is 2. The molecule has 1 aromatic heterocycles. The van der Waals surface area contributed by atoms with E-state index < -0.39 is 0 Å². The SMILES string of the molecule is O=C(CCc1ncc(-c2ccccc2Cl)o1)N[C@H]1CCCNC1. The number of nitrogens with zero attached hydrogens (tertiary/aromatic N) is 1. The number of nitrogens with one attached hydrogen (secondary N) is 2. The van der Waals surface area contributed by atoms with Gasteiger partial charge in [-0.3, -0.25) is 4.79 Å². The van der Waals surface area contributed by atoms with Gasteiger partial charge in [-0.25, -0.2) is 4.98 Å². The molecule has 0 spiro atoms. The van der Waals surface area contributed by atoms with Gasteiger partial charge < -0.3 is 15.1 Å². The Morgan fingerprint density at radius 2 is 2.30 bits per heavy atom. The summed E-state index contributed by atoms with van der Waals surface area (Å²) in [7, 11) is 0. The quantitative estimate of drug-likeness (QED) is 0.883. The number of hydrogen-bond acceptors (Lipinski definition) is 4. The Kier molecular flexibility index (Phi) is 5.31. The Bertz CT molecular complexity index is 665. The predicted molar refractivity (Wildman–Crippen MR) is 89.3 cm³/mol. The zero-order valence-corrected chi connectivity index (χ0v) is 13.6. The maximum Gasteiger partial charge on any atom is 0.220 e. The summed E-state index contributed by atoms with van der Waals surface area (Å²) in [5.41, 5.74) is 0.811. The van der Waals surface area contributed by atoms with Crippen molar-refractivity contribution < 1.29 is 9.21 Å². The molecule has 0 unspecified atom stereocenters. The Morgan fingerprint density at radius 3 is 3.09 bits per heavy atom. The van der Waals surface area contributed by atoms with E-state index >= 15 is 0 Å².